The van der Waals surface area contributed by atoms with Crippen molar-refractivity contribution in [2.45, 2.75) is 13.1 Å². The van der Waals surface area contributed by atoms with Crippen molar-refractivity contribution in [2.75, 3.05) is 36.5 Å². The average Bonchev–Trinajstić information content (AvgIpc) is 3.53. The molecule has 1 saturated heterocycles. The topological polar surface area (TPSA) is 131 Å². The van der Waals surface area contributed by atoms with Crippen LogP contribution in [0.15, 0.2) is 73.3 Å². The molecule has 0 amide bonds. The molecule has 5 aromatic rings. The third-order valence-electron chi connectivity index (χ3n) is 6.57. The Kier molecular flexibility index (Phi) is 9.46. The molecule has 0 unspecified atom stereocenters. The number of aryl methyl sites for hydroxylation is 1. The highest BCUT2D eigenvalue weighted by molar-refractivity contribution is 5.73. The molecule has 238 valence electrons. The van der Waals surface area contributed by atoms with Gasteiger partial charge in [0.1, 0.15) is 17.8 Å². The summed E-state index contributed by atoms with van der Waals surface area (Å²) in [6, 6.07) is 15.7. The van der Waals surface area contributed by atoms with Crippen LogP contribution < -0.4 is 10.2 Å². The molecule has 0 saturated carbocycles. The summed E-state index contributed by atoms with van der Waals surface area (Å²) in [5.41, 5.74) is 4.25. The van der Waals surface area contributed by atoms with Gasteiger partial charge < -0.3 is 20.1 Å². The van der Waals surface area contributed by atoms with Crippen molar-refractivity contribution in [3.8, 4) is 28.3 Å². The zero-order chi connectivity index (χ0) is 32.8. The quantitative estimate of drug-likeness (QED) is 0.227. The van der Waals surface area contributed by atoms with Gasteiger partial charge in [-0.15, -0.1) is 5.10 Å². The summed E-state index contributed by atoms with van der Waals surface area (Å²) in [5.74, 6) is -3.10. The monoisotopic (exact) mass is 640 g/mol. The van der Waals surface area contributed by atoms with Crippen LogP contribution in [0.1, 0.15) is 5.69 Å². The molecule has 1 aliphatic heterocycles. The number of ether oxygens (including phenoxy) is 1. The second-order valence-electron chi connectivity index (χ2n) is 9.86. The number of carboxylic acid groups (broad SMARTS) is 1. The molecule has 1 aliphatic rings. The lowest BCUT2D eigenvalue weighted by Gasteiger charge is -2.29. The van der Waals surface area contributed by atoms with Gasteiger partial charge in [0, 0.05) is 47.5 Å². The van der Waals surface area contributed by atoms with Gasteiger partial charge in [-0.05, 0) is 61.5 Å². The summed E-state index contributed by atoms with van der Waals surface area (Å²) >= 11 is 0. The van der Waals surface area contributed by atoms with Gasteiger partial charge >= 0.3 is 12.1 Å². The minimum Gasteiger partial charge on any atom is -0.475 e. The van der Waals surface area contributed by atoms with Gasteiger partial charge in [0.25, 0.3) is 0 Å². The van der Waals surface area contributed by atoms with E-state index in [1.807, 2.05) is 48.2 Å². The first-order valence-corrected chi connectivity index (χ1v) is 13.6. The van der Waals surface area contributed by atoms with Gasteiger partial charge in [0.2, 0.25) is 5.95 Å². The number of aliphatic carboxylic acids is 1. The molecule has 0 radical (unpaired) electrons. The fourth-order valence-corrected chi connectivity index (χ4v) is 4.29. The Morgan fingerprint density at radius 3 is 2.28 bits per heavy atom. The standard InChI is InChI=1S/C28H24F2N8O.C2HF3O2/c1-18-2-3-19(15-31-18)27-33-17-38(36-27)23-6-4-22(5-7-23)34-28-32-16-25(30)26(35-28)20-12-21(29)14-24(13-20)37-8-10-39-11-9-37;3-2(4,5)1(6)7/h2-7,12-17H,8-11H2,1H3,(H,32,34,35);(H,6,7). The molecule has 0 atom stereocenters. The molecule has 0 spiro atoms. The van der Waals surface area contributed by atoms with Crippen LogP contribution in [0, 0.1) is 18.6 Å². The number of alkyl halides is 3. The maximum Gasteiger partial charge on any atom is 0.490 e. The molecule has 6 rings (SSSR count). The second kappa shape index (κ2) is 13.6. The van der Waals surface area contributed by atoms with E-state index in [-0.39, 0.29) is 11.6 Å². The molecule has 0 bridgehead atoms. The Morgan fingerprint density at radius 1 is 0.913 bits per heavy atom. The zero-order valence-corrected chi connectivity index (χ0v) is 24.0. The largest absolute Gasteiger partial charge is 0.490 e. The normalized spacial score (nSPS) is 13.1. The highest BCUT2D eigenvalue weighted by Gasteiger charge is 2.38. The van der Waals surface area contributed by atoms with E-state index in [9.17, 15) is 22.0 Å². The third kappa shape index (κ3) is 7.95. The van der Waals surface area contributed by atoms with Crippen molar-refractivity contribution < 1.29 is 36.6 Å². The highest BCUT2D eigenvalue weighted by Crippen LogP contribution is 2.29. The van der Waals surface area contributed by atoms with E-state index in [2.05, 4.69) is 30.4 Å². The molecule has 46 heavy (non-hydrogen) atoms. The van der Waals surface area contributed by atoms with E-state index in [4.69, 9.17) is 14.6 Å². The predicted molar refractivity (Wildman–Crippen MR) is 157 cm³/mol. The number of benzene rings is 2. The van der Waals surface area contributed by atoms with Crippen LogP contribution in [0.3, 0.4) is 0 Å². The maximum absolute atomic E-state index is 14.8. The first-order chi connectivity index (χ1) is 22.0. The molecule has 2 N–H and O–H groups in total. The highest BCUT2D eigenvalue weighted by atomic mass is 19.4. The molecule has 1 fully saturated rings. The summed E-state index contributed by atoms with van der Waals surface area (Å²) in [4.78, 5) is 28.0. The van der Waals surface area contributed by atoms with Crippen LogP contribution in [0.5, 0.6) is 0 Å². The van der Waals surface area contributed by atoms with Crippen molar-refractivity contribution in [3.05, 3.63) is 90.6 Å². The minimum atomic E-state index is -5.08. The number of nitrogens with one attached hydrogen (secondary N) is 1. The Bertz CT molecular complexity index is 1810. The van der Waals surface area contributed by atoms with Gasteiger partial charge in [0.15, 0.2) is 11.6 Å². The van der Waals surface area contributed by atoms with E-state index >= 15 is 0 Å². The fraction of sp³-hybridized carbons (Fsp3) is 0.200. The summed E-state index contributed by atoms with van der Waals surface area (Å²) in [7, 11) is 0. The number of anilines is 3. The number of hydrogen-bond donors (Lipinski definition) is 2. The number of aromatic nitrogens is 6. The summed E-state index contributed by atoms with van der Waals surface area (Å²) in [6.07, 6.45) is -0.626. The molecule has 2 aromatic carbocycles. The zero-order valence-electron chi connectivity index (χ0n) is 24.0. The lowest BCUT2D eigenvalue weighted by atomic mass is 10.1. The van der Waals surface area contributed by atoms with Crippen molar-refractivity contribution in [1.82, 2.24) is 29.7 Å². The number of morpholine rings is 1. The number of pyridine rings is 1. The van der Waals surface area contributed by atoms with Crippen LogP contribution in [0.4, 0.5) is 39.3 Å². The average molecular weight is 641 g/mol. The fourth-order valence-electron chi connectivity index (χ4n) is 4.29. The number of halogens is 5. The number of nitrogens with zero attached hydrogens (tertiary/aromatic N) is 7. The Morgan fingerprint density at radius 2 is 1.63 bits per heavy atom. The predicted octanol–water partition coefficient (Wildman–Crippen LogP) is 5.59. The van der Waals surface area contributed by atoms with Crippen molar-refractivity contribution in [1.29, 1.82) is 0 Å². The molecule has 0 aliphatic carbocycles. The number of carboxylic acids is 1. The molecule has 4 heterocycles. The van der Waals surface area contributed by atoms with Gasteiger partial charge in [-0.2, -0.15) is 13.2 Å². The van der Waals surface area contributed by atoms with E-state index in [1.165, 1.54) is 12.1 Å². The van der Waals surface area contributed by atoms with Crippen molar-refractivity contribution in [3.63, 3.8) is 0 Å². The van der Waals surface area contributed by atoms with Gasteiger partial charge in [-0.1, -0.05) is 0 Å². The Labute approximate surface area is 258 Å². The molecular formula is C30H25F5N8O3. The molecule has 16 heteroatoms. The number of rotatable bonds is 6. The van der Waals surface area contributed by atoms with Crippen LogP contribution in [0.25, 0.3) is 28.3 Å². The van der Waals surface area contributed by atoms with Crippen LogP contribution in [-0.2, 0) is 9.53 Å². The van der Waals surface area contributed by atoms with E-state index in [1.54, 1.807) is 23.3 Å². The van der Waals surface area contributed by atoms with Crippen molar-refractivity contribution in [2.24, 2.45) is 0 Å². The third-order valence-corrected chi connectivity index (χ3v) is 6.57. The number of hydrogen-bond acceptors (Lipinski definition) is 9. The smallest absolute Gasteiger partial charge is 0.475 e. The first-order valence-electron chi connectivity index (χ1n) is 13.6. The lowest BCUT2D eigenvalue weighted by Crippen LogP contribution is -2.36. The van der Waals surface area contributed by atoms with E-state index in [0.717, 1.165) is 23.1 Å². The van der Waals surface area contributed by atoms with Crippen LogP contribution >= 0.6 is 0 Å². The molecule has 3 aromatic heterocycles. The van der Waals surface area contributed by atoms with Gasteiger partial charge in [-0.3, -0.25) is 4.98 Å². The number of carbonyl (C=O) groups is 1. The Hall–Kier alpha value is -5.51. The van der Waals surface area contributed by atoms with Crippen LogP contribution in [0.2, 0.25) is 0 Å². The summed E-state index contributed by atoms with van der Waals surface area (Å²) < 4.78 is 68.0. The summed E-state index contributed by atoms with van der Waals surface area (Å²) in [6.45, 7) is 4.31. The maximum atomic E-state index is 14.8. The summed E-state index contributed by atoms with van der Waals surface area (Å²) in [5, 5.41) is 14.7. The minimum absolute atomic E-state index is 0.0128. The molecular weight excluding hydrogens is 615 g/mol. The SMILES string of the molecule is Cc1ccc(-c2ncn(-c3ccc(Nc4ncc(F)c(-c5cc(F)cc(N6CCOCC6)c5)n4)cc3)n2)cn1.O=C(O)C(F)(F)F. The first kappa shape index (κ1) is 31.9. The van der Waals surface area contributed by atoms with Gasteiger partial charge in [-0.25, -0.2) is 33.2 Å². The van der Waals surface area contributed by atoms with Crippen molar-refractivity contribution >= 4 is 23.3 Å². The van der Waals surface area contributed by atoms with E-state index in [0.29, 0.717) is 49.1 Å². The van der Waals surface area contributed by atoms with E-state index < -0.39 is 23.8 Å². The molecule has 11 nitrogen and oxygen atoms in total. The second-order valence-corrected chi connectivity index (χ2v) is 9.86. The van der Waals surface area contributed by atoms with Crippen LogP contribution in [-0.4, -0.2) is 73.3 Å². The lowest BCUT2D eigenvalue weighted by molar-refractivity contribution is -0.192. The Balaban J connectivity index is 0.000000537. The van der Waals surface area contributed by atoms with Gasteiger partial charge in [0.05, 0.1) is 25.1 Å².